The maximum atomic E-state index is 13.5. The number of hydrogen-bond acceptors (Lipinski definition) is 2. The van der Waals surface area contributed by atoms with Gasteiger partial charge >= 0.3 is 0 Å². The fourth-order valence-electron chi connectivity index (χ4n) is 3.07. The molecule has 3 heterocycles. The standard InChI is InChI=1S/C17H15FN2OS/c18-11-3-4-15-13(8-11)14-10-20(6-5-16(14)19-15)17(21)9-12-2-1-7-22-12/h1-4,7-8,19H,5-6,9-10H2. The molecule has 3 aromatic rings. The number of nitrogens with zero attached hydrogens (tertiary/aromatic N) is 1. The van der Waals surface area contributed by atoms with Crippen molar-refractivity contribution in [1.29, 1.82) is 0 Å². The summed E-state index contributed by atoms with van der Waals surface area (Å²) in [4.78, 5) is 18.8. The van der Waals surface area contributed by atoms with E-state index in [4.69, 9.17) is 0 Å². The van der Waals surface area contributed by atoms with Crippen LogP contribution in [-0.2, 0) is 24.2 Å². The predicted octanol–water partition coefficient (Wildman–Crippen LogP) is 3.50. The first-order chi connectivity index (χ1) is 10.7. The fourth-order valence-corrected chi connectivity index (χ4v) is 3.77. The Hall–Kier alpha value is -2.14. The van der Waals surface area contributed by atoms with Gasteiger partial charge in [0.15, 0.2) is 0 Å². The molecule has 0 radical (unpaired) electrons. The number of hydrogen-bond donors (Lipinski definition) is 1. The van der Waals surface area contributed by atoms with E-state index < -0.39 is 0 Å². The van der Waals surface area contributed by atoms with Crippen LogP contribution in [0.2, 0.25) is 0 Å². The van der Waals surface area contributed by atoms with E-state index in [1.165, 1.54) is 6.07 Å². The average Bonchev–Trinajstić information content (AvgIpc) is 3.14. The van der Waals surface area contributed by atoms with Gasteiger partial charge in [-0.1, -0.05) is 6.07 Å². The van der Waals surface area contributed by atoms with E-state index in [9.17, 15) is 9.18 Å². The Morgan fingerprint density at radius 2 is 2.27 bits per heavy atom. The van der Waals surface area contributed by atoms with Crippen molar-refractivity contribution in [3.8, 4) is 0 Å². The molecular weight excluding hydrogens is 299 g/mol. The number of nitrogens with one attached hydrogen (secondary N) is 1. The molecule has 0 saturated carbocycles. The Kier molecular flexibility index (Phi) is 3.22. The highest BCUT2D eigenvalue weighted by molar-refractivity contribution is 7.10. The number of thiophene rings is 1. The van der Waals surface area contributed by atoms with Crippen LogP contribution >= 0.6 is 11.3 Å². The molecule has 0 fully saturated rings. The lowest BCUT2D eigenvalue weighted by molar-refractivity contribution is -0.131. The van der Waals surface area contributed by atoms with Crippen molar-refractivity contribution in [1.82, 2.24) is 9.88 Å². The molecule has 3 nitrogen and oxygen atoms in total. The molecule has 0 saturated heterocycles. The van der Waals surface area contributed by atoms with Crippen LogP contribution in [0.4, 0.5) is 4.39 Å². The molecule has 0 spiro atoms. The highest BCUT2D eigenvalue weighted by Gasteiger charge is 2.24. The van der Waals surface area contributed by atoms with Crippen LogP contribution in [0.5, 0.6) is 0 Å². The normalized spacial score (nSPS) is 14.3. The van der Waals surface area contributed by atoms with Gasteiger partial charge in [0.25, 0.3) is 0 Å². The zero-order valence-electron chi connectivity index (χ0n) is 11.9. The van der Waals surface area contributed by atoms with E-state index in [1.54, 1.807) is 23.5 Å². The van der Waals surface area contributed by atoms with Crippen molar-refractivity contribution in [3.05, 3.63) is 57.7 Å². The highest BCUT2D eigenvalue weighted by atomic mass is 32.1. The van der Waals surface area contributed by atoms with Gasteiger partial charge in [-0.3, -0.25) is 4.79 Å². The lowest BCUT2D eigenvalue weighted by Gasteiger charge is -2.27. The van der Waals surface area contributed by atoms with Crippen molar-refractivity contribution in [2.75, 3.05) is 6.54 Å². The summed E-state index contributed by atoms with van der Waals surface area (Å²) in [5, 5.41) is 2.88. The predicted molar refractivity (Wildman–Crippen MR) is 85.4 cm³/mol. The number of rotatable bonds is 2. The van der Waals surface area contributed by atoms with Crippen LogP contribution in [0.15, 0.2) is 35.7 Å². The third-order valence-corrected chi connectivity index (χ3v) is 5.07. The largest absolute Gasteiger partial charge is 0.358 e. The lowest BCUT2D eigenvalue weighted by Crippen LogP contribution is -2.36. The Morgan fingerprint density at radius 1 is 1.36 bits per heavy atom. The molecule has 4 rings (SSSR count). The van der Waals surface area contributed by atoms with Gasteiger partial charge in [0, 0.05) is 46.5 Å². The van der Waals surface area contributed by atoms with E-state index in [0.717, 1.165) is 33.5 Å². The molecule has 1 aliphatic heterocycles. The molecular formula is C17H15FN2OS. The molecule has 0 atom stereocenters. The van der Waals surface area contributed by atoms with Crippen molar-refractivity contribution in [2.45, 2.75) is 19.4 Å². The maximum Gasteiger partial charge on any atom is 0.228 e. The fraction of sp³-hybridized carbons (Fsp3) is 0.235. The van der Waals surface area contributed by atoms with Crippen LogP contribution in [0.1, 0.15) is 16.1 Å². The summed E-state index contributed by atoms with van der Waals surface area (Å²) in [6.45, 7) is 1.27. The average molecular weight is 314 g/mol. The monoisotopic (exact) mass is 314 g/mol. The Balaban J connectivity index is 1.61. The third-order valence-electron chi connectivity index (χ3n) is 4.20. The number of amides is 1. The number of carbonyl (C=O) groups excluding carboxylic acids is 1. The molecule has 112 valence electrons. The number of carbonyl (C=O) groups is 1. The quantitative estimate of drug-likeness (QED) is 0.772. The van der Waals surface area contributed by atoms with Gasteiger partial charge in [0.2, 0.25) is 5.91 Å². The number of fused-ring (bicyclic) bond motifs is 3. The number of benzene rings is 1. The van der Waals surface area contributed by atoms with Crippen LogP contribution in [0.25, 0.3) is 10.9 Å². The van der Waals surface area contributed by atoms with Crippen LogP contribution in [0.3, 0.4) is 0 Å². The molecule has 1 amide bonds. The minimum atomic E-state index is -0.240. The van der Waals surface area contributed by atoms with E-state index in [2.05, 4.69) is 4.98 Å². The SMILES string of the molecule is O=C(Cc1cccs1)N1CCc2[nH]c3ccc(F)cc3c2C1. The zero-order valence-corrected chi connectivity index (χ0v) is 12.8. The molecule has 5 heteroatoms. The Bertz CT molecular complexity index is 838. The molecule has 22 heavy (non-hydrogen) atoms. The summed E-state index contributed by atoms with van der Waals surface area (Å²) in [5.74, 6) is -0.102. The Labute approximate surface area is 131 Å². The second kappa shape index (κ2) is 5.25. The number of aromatic amines is 1. The molecule has 0 bridgehead atoms. The van der Waals surface area contributed by atoms with Gasteiger partial charge in [-0.2, -0.15) is 0 Å². The van der Waals surface area contributed by atoms with E-state index >= 15 is 0 Å². The van der Waals surface area contributed by atoms with Gasteiger partial charge in [0.05, 0.1) is 6.42 Å². The first-order valence-corrected chi connectivity index (χ1v) is 8.18. The first-order valence-electron chi connectivity index (χ1n) is 7.30. The van der Waals surface area contributed by atoms with Crippen LogP contribution in [-0.4, -0.2) is 22.3 Å². The first kappa shape index (κ1) is 13.5. The molecule has 1 N–H and O–H groups in total. The van der Waals surface area contributed by atoms with Crippen LogP contribution < -0.4 is 0 Å². The highest BCUT2D eigenvalue weighted by Crippen LogP contribution is 2.28. The molecule has 0 aliphatic carbocycles. The summed E-state index contributed by atoms with van der Waals surface area (Å²) in [6, 6.07) is 8.73. The number of H-pyrrole nitrogens is 1. The molecule has 2 aromatic heterocycles. The third kappa shape index (κ3) is 2.31. The summed E-state index contributed by atoms with van der Waals surface area (Å²) in [5.41, 5.74) is 3.13. The van der Waals surface area contributed by atoms with Crippen molar-refractivity contribution in [3.63, 3.8) is 0 Å². The summed E-state index contributed by atoms with van der Waals surface area (Å²) in [6.07, 6.45) is 1.24. The zero-order chi connectivity index (χ0) is 15.1. The van der Waals surface area contributed by atoms with E-state index in [0.29, 0.717) is 19.5 Å². The van der Waals surface area contributed by atoms with Crippen molar-refractivity contribution >= 4 is 28.1 Å². The molecule has 0 unspecified atom stereocenters. The summed E-state index contributed by atoms with van der Waals surface area (Å²) in [7, 11) is 0. The molecule has 1 aliphatic rings. The smallest absolute Gasteiger partial charge is 0.228 e. The van der Waals surface area contributed by atoms with Crippen molar-refractivity contribution in [2.24, 2.45) is 0 Å². The minimum Gasteiger partial charge on any atom is -0.358 e. The minimum absolute atomic E-state index is 0.138. The number of halogens is 1. The van der Waals surface area contributed by atoms with Gasteiger partial charge in [-0.15, -0.1) is 11.3 Å². The summed E-state index contributed by atoms with van der Waals surface area (Å²) < 4.78 is 13.5. The van der Waals surface area contributed by atoms with Gasteiger partial charge in [0.1, 0.15) is 5.82 Å². The topological polar surface area (TPSA) is 36.1 Å². The summed E-state index contributed by atoms with van der Waals surface area (Å²) >= 11 is 1.60. The van der Waals surface area contributed by atoms with Gasteiger partial charge in [-0.05, 0) is 29.6 Å². The maximum absolute atomic E-state index is 13.5. The lowest BCUT2D eigenvalue weighted by atomic mass is 10.0. The van der Waals surface area contributed by atoms with Gasteiger partial charge in [-0.25, -0.2) is 4.39 Å². The second-order valence-corrected chi connectivity index (χ2v) is 6.63. The Morgan fingerprint density at radius 3 is 3.09 bits per heavy atom. The number of aromatic nitrogens is 1. The second-order valence-electron chi connectivity index (χ2n) is 5.59. The molecule has 1 aromatic carbocycles. The van der Waals surface area contributed by atoms with Gasteiger partial charge < -0.3 is 9.88 Å². The van der Waals surface area contributed by atoms with Crippen LogP contribution in [0, 0.1) is 5.82 Å². The van der Waals surface area contributed by atoms with Crippen molar-refractivity contribution < 1.29 is 9.18 Å². The van der Waals surface area contributed by atoms with E-state index in [-0.39, 0.29) is 11.7 Å². The van der Waals surface area contributed by atoms with E-state index in [1.807, 2.05) is 22.4 Å².